The second kappa shape index (κ2) is 6.83. The number of piperidine rings is 1. The van der Waals surface area contributed by atoms with E-state index in [1.165, 1.54) is 12.8 Å². The van der Waals surface area contributed by atoms with Gasteiger partial charge in [-0.1, -0.05) is 0 Å². The van der Waals surface area contributed by atoms with Crippen LogP contribution in [-0.4, -0.2) is 60.4 Å². The van der Waals surface area contributed by atoms with Crippen LogP contribution in [0.25, 0.3) is 0 Å². The molecular weight excluding hydrogens is 208 g/mol. The summed E-state index contributed by atoms with van der Waals surface area (Å²) in [6, 6.07) is 0. The summed E-state index contributed by atoms with van der Waals surface area (Å²) in [5, 5.41) is 21.0. The van der Waals surface area contributed by atoms with Crippen molar-refractivity contribution in [3.63, 3.8) is 0 Å². The molecule has 0 aliphatic carbocycles. The first-order valence-corrected chi connectivity index (χ1v) is 5.87. The fourth-order valence-corrected chi connectivity index (χ4v) is 2.17. The standard InChI is InChI=1S/C11H22N2O3/c1-13-4-2-3-9(8-13)6-12-7-10(14)5-11(15)16/h9-10,12,14H,2-8H2,1H3,(H,15,16). The van der Waals surface area contributed by atoms with Crippen molar-refractivity contribution in [2.45, 2.75) is 25.4 Å². The number of rotatable bonds is 6. The van der Waals surface area contributed by atoms with Gasteiger partial charge in [0.1, 0.15) is 0 Å². The first kappa shape index (κ1) is 13.4. The molecule has 1 aliphatic heterocycles. The van der Waals surface area contributed by atoms with E-state index in [2.05, 4.69) is 17.3 Å². The lowest BCUT2D eigenvalue weighted by molar-refractivity contribution is -0.139. The minimum absolute atomic E-state index is 0.183. The minimum atomic E-state index is -0.952. The van der Waals surface area contributed by atoms with Gasteiger partial charge in [-0.3, -0.25) is 4.79 Å². The maximum Gasteiger partial charge on any atom is 0.306 e. The van der Waals surface area contributed by atoms with Crippen LogP contribution in [0.1, 0.15) is 19.3 Å². The molecule has 2 unspecified atom stereocenters. The van der Waals surface area contributed by atoms with E-state index >= 15 is 0 Å². The van der Waals surface area contributed by atoms with Crippen LogP contribution >= 0.6 is 0 Å². The predicted molar refractivity (Wildman–Crippen MR) is 61.4 cm³/mol. The number of carboxylic acids is 1. The van der Waals surface area contributed by atoms with Gasteiger partial charge in [0.25, 0.3) is 0 Å². The zero-order valence-electron chi connectivity index (χ0n) is 9.85. The number of carboxylic acid groups (broad SMARTS) is 1. The van der Waals surface area contributed by atoms with E-state index in [0.717, 1.165) is 19.6 Å². The zero-order chi connectivity index (χ0) is 12.0. The van der Waals surface area contributed by atoms with Crippen LogP contribution in [0.4, 0.5) is 0 Å². The monoisotopic (exact) mass is 230 g/mol. The van der Waals surface area contributed by atoms with E-state index in [0.29, 0.717) is 12.5 Å². The third kappa shape index (κ3) is 5.44. The lowest BCUT2D eigenvalue weighted by Crippen LogP contribution is -2.39. The minimum Gasteiger partial charge on any atom is -0.481 e. The Morgan fingerprint density at radius 2 is 2.38 bits per heavy atom. The van der Waals surface area contributed by atoms with Gasteiger partial charge < -0.3 is 20.4 Å². The zero-order valence-corrected chi connectivity index (χ0v) is 9.85. The second-order valence-corrected chi connectivity index (χ2v) is 4.68. The fourth-order valence-electron chi connectivity index (χ4n) is 2.17. The predicted octanol–water partition coefficient (Wildman–Crippen LogP) is -0.247. The molecule has 0 aromatic heterocycles. The topological polar surface area (TPSA) is 72.8 Å². The molecule has 16 heavy (non-hydrogen) atoms. The summed E-state index contributed by atoms with van der Waals surface area (Å²) >= 11 is 0. The molecule has 0 bridgehead atoms. The smallest absolute Gasteiger partial charge is 0.306 e. The molecule has 0 amide bonds. The molecule has 5 heteroatoms. The summed E-state index contributed by atoms with van der Waals surface area (Å²) in [6.45, 7) is 3.48. The molecule has 5 nitrogen and oxygen atoms in total. The maximum absolute atomic E-state index is 10.3. The maximum atomic E-state index is 10.3. The molecule has 2 atom stereocenters. The van der Waals surface area contributed by atoms with E-state index < -0.39 is 12.1 Å². The van der Waals surface area contributed by atoms with Gasteiger partial charge in [-0.25, -0.2) is 0 Å². The van der Waals surface area contributed by atoms with Crippen LogP contribution in [-0.2, 0) is 4.79 Å². The Morgan fingerprint density at radius 3 is 3.00 bits per heavy atom. The van der Waals surface area contributed by atoms with Crippen molar-refractivity contribution < 1.29 is 15.0 Å². The molecule has 3 N–H and O–H groups in total. The number of aliphatic hydroxyl groups excluding tert-OH is 1. The highest BCUT2D eigenvalue weighted by atomic mass is 16.4. The third-order valence-corrected chi connectivity index (χ3v) is 2.95. The van der Waals surface area contributed by atoms with Crippen LogP contribution in [0, 0.1) is 5.92 Å². The van der Waals surface area contributed by atoms with Crippen molar-refractivity contribution in [3.8, 4) is 0 Å². The Hall–Kier alpha value is -0.650. The number of aliphatic hydroxyl groups is 1. The molecule has 0 aromatic rings. The Morgan fingerprint density at radius 1 is 1.62 bits per heavy atom. The Labute approximate surface area is 96.4 Å². The Kier molecular flexibility index (Phi) is 5.73. The highest BCUT2D eigenvalue weighted by molar-refractivity contribution is 5.67. The quantitative estimate of drug-likeness (QED) is 0.587. The van der Waals surface area contributed by atoms with Crippen molar-refractivity contribution in [1.82, 2.24) is 10.2 Å². The lowest BCUT2D eigenvalue weighted by Gasteiger charge is -2.30. The molecule has 1 saturated heterocycles. The average Bonchev–Trinajstić information content (AvgIpc) is 2.16. The Bertz CT molecular complexity index is 223. The van der Waals surface area contributed by atoms with Crippen LogP contribution in [0.5, 0.6) is 0 Å². The van der Waals surface area contributed by atoms with Gasteiger partial charge in [0.15, 0.2) is 0 Å². The van der Waals surface area contributed by atoms with Crippen molar-refractivity contribution in [2.75, 3.05) is 33.2 Å². The van der Waals surface area contributed by atoms with Crippen LogP contribution < -0.4 is 5.32 Å². The van der Waals surface area contributed by atoms with Gasteiger partial charge in [0.05, 0.1) is 12.5 Å². The molecule has 0 saturated carbocycles. The molecule has 0 radical (unpaired) electrons. The molecule has 1 fully saturated rings. The first-order chi connectivity index (χ1) is 7.58. The van der Waals surface area contributed by atoms with Crippen LogP contribution in [0.3, 0.4) is 0 Å². The number of nitrogens with one attached hydrogen (secondary N) is 1. The number of hydrogen-bond donors (Lipinski definition) is 3. The van der Waals surface area contributed by atoms with Gasteiger partial charge in [-0.05, 0) is 38.9 Å². The summed E-state index contributed by atoms with van der Waals surface area (Å²) < 4.78 is 0. The largest absolute Gasteiger partial charge is 0.481 e. The van der Waals surface area contributed by atoms with E-state index in [1.54, 1.807) is 0 Å². The fraction of sp³-hybridized carbons (Fsp3) is 0.909. The number of hydrogen-bond acceptors (Lipinski definition) is 4. The number of likely N-dealkylation sites (tertiary alicyclic amines) is 1. The van der Waals surface area contributed by atoms with Crippen molar-refractivity contribution in [3.05, 3.63) is 0 Å². The first-order valence-electron chi connectivity index (χ1n) is 5.87. The summed E-state index contributed by atoms with van der Waals surface area (Å²) in [4.78, 5) is 12.6. The van der Waals surface area contributed by atoms with Crippen molar-refractivity contribution in [1.29, 1.82) is 0 Å². The molecule has 94 valence electrons. The van der Waals surface area contributed by atoms with E-state index in [4.69, 9.17) is 5.11 Å². The third-order valence-electron chi connectivity index (χ3n) is 2.95. The van der Waals surface area contributed by atoms with Gasteiger partial charge >= 0.3 is 5.97 Å². The van der Waals surface area contributed by atoms with Gasteiger partial charge in [-0.2, -0.15) is 0 Å². The number of aliphatic carboxylic acids is 1. The highest BCUT2D eigenvalue weighted by Crippen LogP contribution is 2.13. The summed E-state index contributed by atoms with van der Waals surface area (Å²) in [5.74, 6) is -0.331. The Balaban J connectivity index is 2.08. The normalized spacial score (nSPS) is 24.2. The van der Waals surface area contributed by atoms with Gasteiger partial charge in [0.2, 0.25) is 0 Å². The lowest BCUT2D eigenvalue weighted by atomic mass is 9.98. The van der Waals surface area contributed by atoms with Crippen molar-refractivity contribution >= 4 is 5.97 Å². The second-order valence-electron chi connectivity index (χ2n) is 4.68. The van der Waals surface area contributed by atoms with Crippen LogP contribution in [0.15, 0.2) is 0 Å². The summed E-state index contributed by atoms with van der Waals surface area (Å²) in [7, 11) is 2.12. The molecular formula is C11H22N2O3. The average molecular weight is 230 g/mol. The van der Waals surface area contributed by atoms with Crippen molar-refractivity contribution in [2.24, 2.45) is 5.92 Å². The number of carbonyl (C=O) groups is 1. The van der Waals surface area contributed by atoms with E-state index in [1.807, 2.05) is 0 Å². The molecule has 0 aromatic carbocycles. The van der Waals surface area contributed by atoms with E-state index in [9.17, 15) is 9.90 Å². The summed E-state index contributed by atoms with van der Waals surface area (Å²) in [6.07, 6.45) is 1.48. The molecule has 0 spiro atoms. The molecule has 1 heterocycles. The van der Waals surface area contributed by atoms with Crippen LogP contribution in [0.2, 0.25) is 0 Å². The SMILES string of the molecule is CN1CCCC(CNCC(O)CC(=O)O)C1. The highest BCUT2D eigenvalue weighted by Gasteiger charge is 2.17. The van der Waals surface area contributed by atoms with Gasteiger partial charge in [0, 0.05) is 13.1 Å². The van der Waals surface area contributed by atoms with E-state index in [-0.39, 0.29) is 6.42 Å². The molecule has 1 rings (SSSR count). The number of nitrogens with zero attached hydrogens (tertiary/aromatic N) is 1. The molecule has 1 aliphatic rings. The summed E-state index contributed by atoms with van der Waals surface area (Å²) in [5.41, 5.74) is 0. The van der Waals surface area contributed by atoms with Gasteiger partial charge in [-0.15, -0.1) is 0 Å².